The second kappa shape index (κ2) is 5.10. The molecule has 0 radical (unpaired) electrons. The average molecular weight is 266 g/mol. The van der Waals surface area contributed by atoms with Crippen LogP contribution in [0.5, 0.6) is 0 Å². The summed E-state index contributed by atoms with van der Waals surface area (Å²) in [6.45, 7) is 2.08. The Kier molecular flexibility index (Phi) is 3.53. The van der Waals surface area contributed by atoms with Gasteiger partial charge >= 0.3 is 0 Å². The summed E-state index contributed by atoms with van der Waals surface area (Å²) < 4.78 is 4.90. The summed E-state index contributed by atoms with van der Waals surface area (Å²) in [5.41, 5.74) is 7.14. The molecule has 5 nitrogen and oxygen atoms in total. The van der Waals surface area contributed by atoms with E-state index in [0.717, 1.165) is 0 Å². The van der Waals surface area contributed by atoms with Gasteiger partial charge in [-0.05, 0) is 25.1 Å². The highest BCUT2D eigenvalue weighted by Gasteiger charge is 2.08. The molecule has 0 spiro atoms. The fraction of sp³-hybridized carbons (Fsp3) is 0.167. The van der Waals surface area contributed by atoms with Crippen molar-refractivity contribution in [2.45, 2.75) is 13.5 Å². The van der Waals surface area contributed by atoms with Gasteiger partial charge in [0.05, 0.1) is 6.54 Å². The maximum atomic E-state index is 11.8. The van der Waals surface area contributed by atoms with Crippen molar-refractivity contribution in [2.75, 3.05) is 5.73 Å². The van der Waals surface area contributed by atoms with E-state index in [1.54, 1.807) is 31.2 Å². The maximum Gasteiger partial charge on any atom is 0.251 e. The number of hydrogen-bond acceptors (Lipinski definition) is 4. The van der Waals surface area contributed by atoms with Gasteiger partial charge < -0.3 is 15.6 Å². The van der Waals surface area contributed by atoms with Crippen LogP contribution in [0.25, 0.3) is 0 Å². The lowest BCUT2D eigenvalue weighted by Gasteiger charge is -2.04. The molecule has 1 aromatic heterocycles. The number of anilines is 1. The van der Waals surface area contributed by atoms with Gasteiger partial charge in [0.25, 0.3) is 5.91 Å². The number of benzene rings is 1. The molecule has 0 aliphatic carbocycles. The van der Waals surface area contributed by atoms with Crippen LogP contribution in [0, 0.1) is 6.92 Å². The fourth-order valence-electron chi connectivity index (χ4n) is 1.52. The molecule has 0 aliphatic rings. The number of halogens is 1. The highest BCUT2D eigenvalue weighted by atomic mass is 35.5. The van der Waals surface area contributed by atoms with Gasteiger partial charge in [0.15, 0.2) is 0 Å². The number of carbonyl (C=O) groups is 1. The zero-order valence-corrected chi connectivity index (χ0v) is 10.5. The zero-order valence-electron chi connectivity index (χ0n) is 9.74. The smallest absolute Gasteiger partial charge is 0.251 e. The maximum absolute atomic E-state index is 11.8. The van der Waals surface area contributed by atoms with Gasteiger partial charge in [-0.2, -0.15) is 0 Å². The number of nitrogens with zero attached hydrogens (tertiary/aromatic N) is 1. The summed E-state index contributed by atoms with van der Waals surface area (Å²) in [6, 6.07) is 6.46. The molecule has 1 aromatic carbocycles. The Morgan fingerprint density at radius 3 is 2.83 bits per heavy atom. The first-order valence-corrected chi connectivity index (χ1v) is 5.69. The second-order valence-electron chi connectivity index (χ2n) is 3.88. The molecule has 0 saturated heterocycles. The fourth-order valence-corrected chi connectivity index (χ4v) is 1.76. The molecule has 1 heterocycles. The minimum Gasteiger partial charge on any atom is -0.399 e. The van der Waals surface area contributed by atoms with E-state index >= 15 is 0 Å². The van der Waals surface area contributed by atoms with Crippen molar-refractivity contribution in [1.29, 1.82) is 0 Å². The second-order valence-corrected chi connectivity index (χ2v) is 4.32. The molecular weight excluding hydrogens is 254 g/mol. The van der Waals surface area contributed by atoms with Crippen molar-refractivity contribution in [1.82, 2.24) is 10.5 Å². The third-order valence-corrected chi connectivity index (χ3v) is 2.51. The number of nitrogen functional groups attached to an aromatic ring is 1. The first-order chi connectivity index (χ1) is 8.54. The molecule has 0 saturated carbocycles. The summed E-state index contributed by atoms with van der Waals surface area (Å²) >= 11 is 5.83. The number of aryl methyl sites for hydroxylation is 1. The molecule has 3 N–H and O–H groups in total. The first-order valence-electron chi connectivity index (χ1n) is 5.31. The Labute approximate surface area is 109 Å². The van der Waals surface area contributed by atoms with Crippen LogP contribution in [-0.4, -0.2) is 11.1 Å². The third kappa shape index (κ3) is 3.01. The Morgan fingerprint density at radius 1 is 1.44 bits per heavy atom. The molecule has 2 rings (SSSR count). The van der Waals surface area contributed by atoms with Gasteiger partial charge in [-0.15, -0.1) is 0 Å². The van der Waals surface area contributed by atoms with Crippen molar-refractivity contribution >= 4 is 23.2 Å². The predicted octanol–water partition coefficient (Wildman–Crippen LogP) is 2.15. The summed E-state index contributed by atoms with van der Waals surface area (Å²) in [4.78, 5) is 11.8. The van der Waals surface area contributed by atoms with E-state index in [1.165, 1.54) is 0 Å². The number of carbonyl (C=O) groups excluding carboxylic acids is 1. The summed E-state index contributed by atoms with van der Waals surface area (Å²) in [5.74, 6) is 0.441. The summed E-state index contributed by atoms with van der Waals surface area (Å²) in [6.07, 6.45) is 0. The van der Waals surface area contributed by atoms with Gasteiger partial charge in [-0.25, -0.2) is 0 Å². The van der Waals surface area contributed by atoms with E-state index in [9.17, 15) is 4.79 Å². The lowest BCUT2D eigenvalue weighted by atomic mass is 10.2. The lowest BCUT2D eigenvalue weighted by Crippen LogP contribution is -2.23. The van der Waals surface area contributed by atoms with Gasteiger partial charge in [0.1, 0.15) is 11.5 Å². The molecule has 2 aromatic rings. The number of rotatable bonds is 3. The van der Waals surface area contributed by atoms with E-state index < -0.39 is 0 Å². The van der Waals surface area contributed by atoms with Crippen molar-refractivity contribution in [3.8, 4) is 0 Å². The number of nitrogens with one attached hydrogen (secondary N) is 1. The van der Waals surface area contributed by atoms with Gasteiger partial charge in [-0.1, -0.05) is 16.8 Å². The van der Waals surface area contributed by atoms with Crippen molar-refractivity contribution in [3.05, 3.63) is 46.3 Å². The number of amides is 1. The van der Waals surface area contributed by atoms with Crippen LogP contribution in [0.2, 0.25) is 5.02 Å². The van der Waals surface area contributed by atoms with Crippen LogP contribution in [0.1, 0.15) is 21.8 Å². The minimum atomic E-state index is -0.259. The van der Waals surface area contributed by atoms with Crippen LogP contribution in [0.15, 0.2) is 28.8 Å². The van der Waals surface area contributed by atoms with Gasteiger partial charge in [0, 0.05) is 22.3 Å². The predicted molar refractivity (Wildman–Crippen MR) is 68.3 cm³/mol. The highest BCUT2D eigenvalue weighted by Crippen LogP contribution is 2.16. The lowest BCUT2D eigenvalue weighted by molar-refractivity contribution is 0.0950. The highest BCUT2D eigenvalue weighted by molar-refractivity contribution is 6.31. The number of hydrogen-bond donors (Lipinski definition) is 2. The van der Waals surface area contributed by atoms with Crippen LogP contribution in [0.3, 0.4) is 0 Å². The van der Waals surface area contributed by atoms with E-state index in [1.807, 2.05) is 0 Å². The number of nitrogens with two attached hydrogens (primary N) is 1. The molecule has 18 heavy (non-hydrogen) atoms. The molecular formula is C12H12ClN3O2. The van der Waals surface area contributed by atoms with E-state index in [0.29, 0.717) is 34.3 Å². The summed E-state index contributed by atoms with van der Waals surface area (Å²) in [5, 5.41) is 6.91. The monoisotopic (exact) mass is 265 g/mol. The Hall–Kier alpha value is -2.01. The van der Waals surface area contributed by atoms with E-state index in [-0.39, 0.29) is 5.91 Å². The van der Waals surface area contributed by atoms with Crippen LogP contribution in [-0.2, 0) is 6.54 Å². The van der Waals surface area contributed by atoms with Gasteiger partial charge in [-0.3, -0.25) is 4.79 Å². The number of aromatic nitrogens is 1. The molecule has 0 unspecified atom stereocenters. The normalized spacial score (nSPS) is 10.3. The Morgan fingerprint density at radius 2 is 2.22 bits per heavy atom. The van der Waals surface area contributed by atoms with Crippen LogP contribution in [0.4, 0.5) is 5.69 Å². The molecule has 6 heteroatoms. The molecule has 1 amide bonds. The molecule has 94 valence electrons. The molecule has 0 atom stereocenters. The Bertz CT molecular complexity index is 560. The SMILES string of the molecule is Cc1cc(CNC(=O)c2cc(N)cc(Cl)c2)no1. The first kappa shape index (κ1) is 12.4. The quantitative estimate of drug-likeness (QED) is 0.833. The topological polar surface area (TPSA) is 81.2 Å². The standard InChI is InChI=1S/C12H12ClN3O2/c1-7-2-11(16-18-7)6-15-12(17)8-3-9(13)5-10(14)4-8/h2-5H,6,14H2,1H3,(H,15,17). The summed E-state index contributed by atoms with van der Waals surface area (Å²) in [7, 11) is 0. The minimum absolute atomic E-state index is 0.259. The molecule has 0 aliphatic heterocycles. The Balaban J connectivity index is 2.03. The van der Waals surface area contributed by atoms with Gasteiger partial charge in [0.2, 0.25) is 0 Å². The zero-order chi connectivity index (χ0) is 13.1. The average Bonchev–Trinajstić information content (AvgIpc) is 2.70. The van der Waals surface area contributed by atoms with Crippen molar-refractivity contribution < 1.29 is 9.32 Å². The van der Waals surface area contributed by atoms with E-state index in [4.69, 9.17) is 21.9 Å². The largest absolute Gasteiger partial charge is 0.399 e. The van der Waals surface area contributed by atoms with Crippen LogP contribution >= 0.6 is 11.6 Å². The third-order valence-electron chi connectivity index (χ3n) is 2.29. The molecule has 0 bridgehead atoms. The van der Waals surface area contributed by atoms with Crippen molar-refractivity contribution in [2.24, 2.45) is 0 Å². The van der Waals surface area contributed by atoms with E-state index in [2.05, 4.69) is 10.5 Å². The molecule has 0 fully saturated rings. The van der Waals surface area contributed by atoms with Crippen molar-refractivity contribution in [3.63, 3.8) is 0 Å². The van der Waals surface area contributed by atoms with Crippen LogP contribution < -0.4 is 11.1 Å².